The molecule has 20 heavy (non-hydrogen) atoms. The largest absolute Gasteiger partial charge is 0.279 e. The van der Waals surface area contributed by atoms with Gasteiger partial charge in [-0.1, -0.05) is 43.1 Å². The van der Waals surface area contributed by atoms with E-state index in [0.717, 1.165) is 29.7 Å². The summed E-state index contributed by atoms with van der Waals surface area (Å²) in [5.74, 6) is 0. The van der Waals surface area contributed by atoms with Gasteiger partial charge in [-0.05, 0) is 40.0 Å². The summed E-state index contributed by atoms with van der Waals surface area (Å²) in [5.41, 5.74) is 1.61. The summed E-state index contributed by atoms with van der Waals surface area (Å²) in [6.45, 7) is 2.06. The maximum absolute atomic E-state index is 12.3. The lowest BCUT2D eigenvalue weighted by Gasteiger charge is -2.10. The Labute approximate surface area is 136 Å². The minimum absolute atomic E-state index is 0.195. The Morgan fingerprint density at radius 3 is 2.65 bits per heavy atom. The highest BCUT2D eigenvalue weighted by molar-refractivity contribution is 9.11. The average molecular weight is 395 g/mol. The molecule has 2 rings (SSSR count). The molecule has 0 fully saturated rings. The van der Waals surface area contributed by atoms with Crippen molar-refractivity contribution in [3.63, 3.8) is 0 Å². The molecule has 0 amide bonds. The van der Waals surface area contributed by atoms with Crippen molar-refractivity contribution in [1.82, 2.24) is 0 Å². The second-order valence-corrected chi connectivity index (χ2v) is 8.89. The van der Waals surface area contributed by atoms with Gasteiger partial charge in [-0.2, -0.15) is 0 Å². The van der Waals surface area contributed by atoms with Crippen LogP contribution >= 0.6 is 38.9 Å². The average Bonchev–Trinajstić information content (AvgIpc) is 2.73. The van der Waals surface area contributed by atoms with Crippen LogP contribution < -0.4 is 4.72 Å². The van der Waals surface area contributed by atoms with Gasteiger partial charge in [0, 0.05) is 0 Å². The van der Waals surface area contributed by atoms with Crippen molar-refractivity contribution in [1.29, 1.82) is 0 Å². The van der Waals surface area contributed by atoms with E-state index in [1.807, 2.05) is 18.2 Å². The molecule has 108 valence electrons. The SMILES string of the molecule is CCCc1ccccc1NS(=O)(=O)c1cc(Cl)c(Br)s1. The van der Waals surface area contributed by atoms with Crippen LogP contribution in [0.5, 0.6) is 0 Å². The molecule has 0 atom stereocenters. The van der Waals surface area contributed by atoms with Gasteiger partial charge in [0.1, 0.15) is 4.21 Å². The van der Waals surface area contributed by atoms with Crippen LogP contribution in [0.15, 0.2) is 38.3 Å². The van der Waals surface area contributed by atoms with Crippen molar-refractivity contribution < 1.29 is 8.42 Å². The van der Waals surface area contributed by atoms with Crippen LogP contribution in [0.1, 0.15) is 18.9 Å². The third-order valence-electron chi connectivity index (χ3n) is 2.67. The van der Waals surface area contributed by atoms with Crippen molar-refractivity contribution in [2.24, 2.45) is 0 Å². The minimum atomic E-state index is -3.60. The molecule has 0 saturated heterocycles. The van der Waals surface area contributed by atoms with Crippen LogP contribution in [0.2, 0.25) is 5.02 Å². The van der Waals surface area contributed by atoms with E-state index in [9.17, 15) is 8.42 Å². The van der Waals surface area contributed by atoms with Crippen molar-refractivity contribution in [3.8, 4) is 0 Å². The predicted molar refractivity (Wildman–Crippen MR) is 88.3 cm³/mol. The third-order valence-corrected chi connectivity index (χ3v) is 6.98. The fraction of sp³-hybridized carbons (Fsp3) is 0.231. The maximum Gasteiger partial charge on any atom is 0.271 e. The Bertz CT molecular complexity index is 693. The standard InChI is InChI=1S/C13H13BrClNO2S2/c1-2-5-9-6-3-4-7-11(9)16-20(17,18)12-8-10(15)13(14)19-12/h3-4,6-8,16H,2,5H2,1H3. The Kier molecular flexibility index (Phi) is 5.12. The number of hydrogen-bond acceptors (Lipinski definition) is 3. The predicted octanol–water partition coefficient (Wildman–Crippen LogP) is 4.92. The first-order valence-corrected chi connectivity index (χ1v) is 9.46. The van der Waals surface area contributed by atoms with Gasteiger partial charge in [-0.3, -0.25) is 4.72 Å². The number of rotatable bonds is 5. The van der Waals surface area contributed by atoms with Gasteiger partial charge in [0.25, 0.3) is 10.0 Å². The lowest BCUT2D eigenvalue weighted by Crippen LogP contribution is -2.12. The van der Waals surface area contributed by atoms with Gasteiger partial charge in [0.05, 0.1) is 14.5 Å². The zero-order chi connectivity index (χ0) is 14.8. The molecule has 7 heteroatoms. The molecule has 0 spiro atoms. The van der Waals surface area contributed by atoms with Gasteiger partial charge in [-0.15, -0.1) is 11.3 Å². The normalized spacial score (nSPS) is 11.6. The molecule has 1 aromatic heterocycles. The van der Waals surface area contributed by atoms with Crippen molar-refractivity contribution in [3.05, 3.63) is 44.7 Å². The summed E-state index contributed by atoms with van der Waals surface area (Å²) < 4.78 is 28.1. The number of aryl methyl sites for hydroxylation is 1. The second kappa shape index (κ2) is 6.47. The lowest BCUT2D eigenvalue weighted by molar-refractivity contribution is 0.603. The summed E-state index contributed by atoms with van der Waals surface area (Å²) in [6, 6.07) is 8.86. The van der Waals surface area contributed by atoms with Crippen LogP contribution in [0, 0.1) is 0 Å². The summed E-state index contributed by atoms with van der Waals surface area (Å²) in [4.78, 5) is 0. The van der Waals surface area contributed by atoms with E-state index in [1.54, 1.807) is 6.07 Å². The first-order valence-electron chi connectivity index (χ1n) is 5.99. The molecule has 1 N–H and O–H groups in total. The number of anilines is 1. The highest BCUT2D eigenvalue weighted by atomic mass is 79.9. The Hall–Kier alpha value is -0.560. The van der Waals surface area contributed by atoms with E-state index in [4.69, 9.17) is 11.6 Å². The number of nitrogens with one attached hydrogen (secondary N) is 1. The number of thiophene rings is 1. The maximum atomic E-state index is 12.3. The number of benzene rings is 1. The van der Waals surface area contributed by atoms with E-state index in [-0.39, 0.29) is 4.21 Å². The van der Waals surface area contributed by atoms with Gasteiger partial charge in [-0.25, -0.2) is 8.42 Å². The molecular weight excluding hydrogens is 382 g/mol. The van der Waals surface area contributed by atoms with Crippen LogP contribution in [0.4, 0.5) is 5.69 Å². The van der Waals surface area contributed by atoms with Crippen LogP contribution in [0.3, 0.4) is 0 Å². The fourth-order valence-electron chi connectivity index (χ4n) is 1.76. The summed E-state index contributed by atoms with van der Waals surface area (Å²) in [7, 11) is -3.60. The quantitative estimate of drug-likeness (QED) is 0.782. The first kappa shape index (κ1) is 15.8. The van der Waals surface area contributed by atoms with E-state index in [2.05, 4.69) is 27.6 Å². The highest BCUT2D eigenvalue weighted by Crippen LogP contribution is 2.35. The molecule has 1 heterocycles. The van der Waals surface area contributed by atoms with Crippen molar-refractivity contribution in [2.45, 2.75) is 24.0 Å². The summed E-state index contributed by atoms with van der Waals surface area (Å²) in [6.07, 6.45) is 1.78. The molecule has 0 saturated carbocycles. The number of halogens is 2. The van der Waals surface area contributed by atoms with Crippen LogP contribution in [-0.4, -0.2) is 8.42 Å². The second-order valence-electron chi connectivity index (χ2n) is 4.20. The summed E-state index contributed by atoms with van der Waals surface area (Å²) >= 11 is 10.2. The molecule has 3 nitrogen and oxygen atoms in total. The number of para-hydroxylation sites is 1. The van der Waals surface area contributed by atoms with Crippen LogP contribution in [-0.2, 0) is 16.4 Å². The minimum Gasteiger partial charge on any atom is -0.279 e. The van der Waals surface area contributed by atoms with Gasteiger partial charge < -0.3 is 0 Å². The third kappa shape index (κ3) is 3.55. The monoisotopic (exact) mass is 393 g/mol. The molecule has 0 bridgehead atoms. The topological polar surface area (TPSA) is 46.2 Å². The smallest absolute Gasteiger partial charge is 0.271 e. The molecular formula is C13H13BrClNO2S2. The Balaban J connectivity index is 2.33. The molecule has 0 aliphatic rings. The molecule has 1 aromatic carbocycles. The van der Waals surface area contributed by atoms with Gasteiger partial charge in [0.2, 0.25) is 0 Å². The lowest BCUT2D eigenvalue weighted by atomic mass is 10.1. The highest BCUT2D eigenvalue weighted by Gasteiger charge is 2.20. The van der Waals surface area contributed by atoms with Crippen molar-refractivity contribution in [2.75, 3.05) is 4.72 Å². The van der Waals surface area contributed by atoms with Crippen molar-refractivity contribution >= 4 is 54.6 Å². The molecule has 0 radical (unpaired) electrons. The number of hydrogen-bond donors (Lipinski definition) is 1. The summed E-state index contributed by atoms with van der Waals surface area (Å²) in [5, 5.41) is 0.400. The molecule has 0 aliphatic heterocycles. The van der Waals surface area contributed by atoms with Gasteiger partial charge in [0.15, 0.2) is 0 Å². The zero-order valence-electron chi connectivity index (χ0n) is 10.7. The van der Waals surface area contributed by atoms with E-state index in [0.29, 0.717) is 14.5 Å². The Morgan fingerprint density at radius 2 is 2.05 bits per heavy atom. The zero-order valence-corrected chi connectivity index (χ0v) is 14.7. The van der Waals surface area contributed by atoms with Crippen LogP contribution in [0.25, 0.3) is 0 Å². The van der Waals surface area contributed by atoms with E-state index >= 15 is 0 Å². The van der Waals surface area contributed by atoms with E-state index in [1.165, 1.54) is 6.07 Å². The Morgan fingerprint density at radius 1 is 1.35 bits per heavy atom. The molecule has 2 aromatic rings. The van der Waals surface area contributed by atoms with Gasteiger partial charge >= 0.3 is 0 Å². The number of sulfonamides is 1. The van der Waals surface area contributed by atoms with E-state index < -0.39 is 10.0 Å². The fourth-order valence-corrected chi connectivity index (χ4v) is 5.26. The molecule has 0 unspecified atom stereocenters. The molecule has 0 aliphatic carbocycles. The first-order chi connectivity index (χ1) is 9.44.